The molecule has 1 fully saturated rings. The van der Waals surface area contributed by atoms with Crippen LogP contribution in [0.1, 0.15) is 24.4 Å². The standard InChI is InChI=1S/C14H19N5O3/c1-9-6-19-7-10(2-3-11(19)15-9)16-13(21)8-18-5-4-12(20)17-14(18)22/h6,10H,2-5,7-8H2,1H3,(H,16,21)(H,17,20,22)/t10-/m1/s1. The van der Waals surface area contributed by atoms with Gasteiger partial charge in [0, 0.05) is 38.2 Å². The Kier molecular flexibility index (Phi) is 3.82. The van der Waals surface area contributed by atoms with Crippen LogP contribution in [0.25, 0.3) is 0 Å². The summed E-state index contributed by atoms with van der Waals surface area (Å²) in [5.41, 5.74) is 0.983. The van der Waals surface area contributed by atoms with Crippen molar-refractivity contribution in [1.82, 2.24) is 25.1 Å². The number of rotatable bonds is 3. The van der Waals surface area contributed by atoms with Crippen molar-refractivity contribution in [3.63, 3.8) is 0 Å². The van der Waals surface area contributed by atoms with Crippen LogP contribution in [-0.4, -0.2) is 51.4 Å². The number of amides is 4. The molecule has 2 aliphatic heterocycles. The molecule has 3 rings (SSSR count). The lowest BCUT2D eigenvalue weighted by atomic mass is 10.1. The molecule has 3 heterocycles. The quantitative estimate of drug-likeness (QED) is 0.791. The van der Waals surface area contributed by atoms with Gasteiger partial charge in [0.25, 0.3) is 0 Å². The second-order valence-electron chi connectivity index (χ2n) is 5.78. The Bertz CT molecular complexity index is 624. The van der Waals surface area contributed by atoms with Gasteiger partial charge in [-0.25, -0.2) is 9.78 Å². The zero-order valence-electron chi connectivity index (χ0n) is 12.5. The lowest BCUT2D eigenvalue weighted by Gasteiger charge is -2.28. The van der Waals surface area contributed by atoms with Gasteiger partial charge in [0.2, 0.25) is 11.8 Å². The van der Waals surface area contributed by atoms with Crippen LogP contribution >= 0.6 is 0 Å². The molecule has 8 nitrogen and oxygen atoms in total. The normalized spacial score (nSPS) is 21.3. The molecule has 8 heteroatoms. The highest BCUT2D eigenvalue weighted by atomic mass is 16.2. The molecule has 0 aromatic carbocycles. The fourth-order valence-corrected chi connectivity index (χ4v) is 2.90. The molecule has 1 atom stereocenters. The summed E-state index contributed by atoms with van der Waals surface area (Å²) in [6.45, 7) is 2.92. The molecule has 0 spiro atoms. The van der Waals surface area contributed by atoms with E-state index in [0.29, 0.717) is 6.54 Å². The van der Waals surface area contributed by atoms with Crippen LogP contribution in [0.2, 0.25) is 0 Å². The third-order valence-electron chi connectivity index (χ3n) is 3.96. The number of hydrogen-bond donors (Lipinski definition) is 2. The van der Waals surface area contributed by atoms with E-state index >= 15 is 0 Å². The van der Waals surface area contributed by atoms with E-state index in [0.717, 1.165) is 24.4 Å². The van der Waals surface area contributed by atoms with Crippen molar-refractivity contribution in [2.45, 2.75) is 38.8 Å². The molecule has 0 aliphatic carbocycles. The smallest absolute Gasteiger partial charge is 0.324 e. The van der Waals surface area contributed by atoms with E-state index in [1.54, 1.807) is 0 Å². The number of carbonyl (C=O) groups excluding carboxylic acids is 3. The molecular formula is C14H19N5O3. The first kappa shape index (κ1) is 14.6. The molecule has 0 bridgehead atoms. The number of aryl methyl sites for hydroxylation is 2. The van der Waals surface area contributed by atoms with Gasteiger partial charge in [-0.1, -0.05) is 0 Å². The van der Waals surface area contributed by atoms with Crippen LogP contribution in [0.4, 0.5) is 4.79 Å². The molecule has 0 saturated carbocycles. The van der Waals surface area contributed by atoms with Gasteiger partial charge in [0.05, 0.1) is 5.69 Å². The Balaban J connectivity index is 1.52. The molecule has 4 amide bonds. The number of nitrogens with zero attached hydrogens (tertiary/aromatic N) is 3. The van der Waals surface area contributed by atoms with E-state index in [9.17, 15) is 14.4 Å². The fourth-order valence-electron chi connectivity index (χ4n) is 2.90. The number of imide groups is 1. The van der Waals surface area contributed by atoms with Crippen molar-refractivity contribution in [1.29, 1.82) is 0 Å². The van der Waals surface area contributed by atoms with Gasteiger partial charge in [0.15, 0.2) is 0 Å². The molecule has 1 aromatic heterocycles. The SMILES string of the molecule is Cc1cn2c(n1)CC[C@@H](NC(=O)CN1CCC(=O)NC1=O)C2. The predicted octanol–water partition coefficient (Wildman–Crippen LogP) is -0.436. The molecule has 22 heavy (non-hydrogen) atoms. The van der Waals surface area contributed by atoms with Crippen molar-refractivity contribution in [2.75, 3.05) is 13.1 Å². The number of urea groups is 1. The molecular weight excluding hydrogens is 286 g/mol. The second kappa shape index (κ2) is 5.78. The van der Waals surface area contributed by atoms with Gasteiger partial charge in [-0.05, 0) is 13.3 Å². The minimum atomic E-state index is -0.498. The largest absolute Gasteiger partial charge is 0.350 e. The summed E-state index contributed by atoms with van der Waals surface area (Å²) in [6.07, 6.45) is 3.89. The molecule has 118 valence electrons. The highest BCUT2D eigenvalue weighted by Gasteiger charge is 2.26. The first-order chi connectivity index (χ1) is 10.5. The van der Waals surface area contributed by atoms with Crippen molar-refractivity contribution >= 4 is 17.8 Å². The lowest BCUT2D eigenvalue weighted by molar-refractivity contribution is -0.125. The van der Waals surface area contributed by atoms with E-state index in [1.165, 1.54) is 4.90 Å². The summed E-state index contributed by atoms with van der Waals surface area (Å²) in [6, 6.07) is -0.453. The Labute approximate surface area is 127 Å². The number of imidazole rings is 1. The first-order valence-corrected chi connectivity index (χ1v) is 7.42. The first-order valence-electron chi connectivity index (χ1n) is 7.42. The topological polar surface area (TPSA) is 96.3 Å². The Morgan fingerprint density at radius 1 is 1.45 bits per heavy atom. The van der Waals surface area contributed by atoms with Gasteiger partial charge < -0.3 is 14.8 Å². The van der Waals surface area contributed by atoms with E-state index in [1.807, 2.05) is 13.1 Å². The van der Waals surface area contributed by atoms with Gasteiger partial charge in [-0.3, -0.25) is 14.9 Å². The van der Waals surface area contributed by atoms with Crippen LogP contribution in [0.15, 0.2) is 6.20 Å². The van der Waals surface area contributed by atoms with E-state index in [2.05, 4.69) is 20.2 Å². The molecule has 1 aromatic rings. The van der Waals surface area contributed by atoms with Crippen molar-refractivity contribution in [3.8, 4) is 0 Å². The van der Waals surface area contributed by atoms with Gasteiger partial charge in [-0.2, -0.15) is 0 Å². The monoisotopic (exact) mass is 305 g/mol. The molecule has 2 aliphatic rings. The maximum atomic E-state index is 12.1. The van der Waals surface area contributed by atoms with Gasteiger partial charge in [0.1, 0.15) is 12.4 Å². The molecule has 0 unspecified atom stereocenters. The number of nitrogens with one attached hydrogen (secondary N) is 2. The van der Waals surface area contributed by atoms with Crippen molar-refractivity contribution in [2.24, 2.45) is 0 Å². The zero-order valence-corrected chi connectivity index (χ0v) is 12.5. The minimum absolute atomic E-state index is 0.0224. The Morgan fingerprint density at radius 2 is 2.27 bits per heavy atom. The average Bonchev–Trinajstić information content (AvgIpc) is 2.81. The Hall–Kier alpha value is -2.38. The number of hydrogen-bond acceptors (Lipinski definition) is 4. The summed E-state index contributed by atoms with van der Waals surface area (Å²) in [4.78, 5) is 40.5. The van der Waals surface area contributed by atoms with Gasteiger partial charge >= 0.3 is 6.03 Å². The number of fused-ring (bicyclic) bond motifs is 1. The van der Waals surface area contributed by atoms with E-state index in [-0.39, 0.29) is 37.4 Å². The number of aromatic nitrogens is 2. The summed E-state index contributed by atoms with van der Waals surface area (Å²) in [5, 5.41) is 5.16. The van der Waals surface area contributed by atoms with Crippen LogP contribution in [0, 0.1) is 6.92 Å². The summed E-state index contributed by atoms with van der Waals surface area (Å²) >= 11 is 0. The maximum absolute atomic E-state index is 12.1. The minimum Gasteiger partial charge on any atom is -0.350 e. The van der Waals surface area contributed by atoms with Crippen LogP contribution < -0.4 is 10.6 Å². The summed E-state index contributed by atoms with van der Waals surface area (Å²) in [5.74, 6) is 0.559. The van der Waals surface area contributed by atoms with Gasteiger partial charge in [-0.15, -0.1) is 0 Å². The van der Waals surface area contributed by atoms with E-state index < -0.39 is 6.03 Å². The third kappa shape index (κ3) is 3.10. The van der Waals surface area contributed by atoms with Crippen molar-refractivity contribution in [3.05, 3.63) is 17.7 Å². The van der Waals surface area contributed by atoms with Crippen LogP contribution in [-0.2, 0) is 22.6 Å². The zero-order chi connectivity index (χ0) is 15.7. The van der Waals surface area contributed by atoms with Crippen LogP contribution in [0.5, 0.6) is 0 Å². The van der Waals surface area contributed by atoms with Crippen molar-refractivity contribution < 1.29 is 14.4 Å². The maximum Gasteiger partial charge on any atom is 0.324 e. The fraction of sp³-hybridized carbons (Fsp3) is 0.571. The Morgan fingerprint density at radius 3 is 3.05 bits per heavy atom. The lowest BCUT2D eigenvalue weighted by Crippen LogP contribution is -2.53. The molecule has 1 saturated heterocycles. The molecule has 2 N–H and O–H groups in total. The molecule has 0 radical (unpaired) electrons. The average molecular weight is 305 g/mol. The van der Waals surface area contributed by atoms with E-state index in [4.69, 9.17) is 0 Å². The number of carbonyl (C=O) groups is 3. The highest BCUT2D eigenvalue weighted by molar-refractivity contribution is 5.98. The highest BCUT2D eigenvalue weighted by Crippen LogP contribution is 2.15. The summed E-state index contributed by atoms with van der Waals surface area (Å²) in [7, 11) is 0. The summed E-state index contributed by atoms with van der Waals surface area (Å²) < 4.78 is 2.07. The van der Waals surface area contributed by atoms with Crippen LogP contribution in [0.3, 0.4) is 0 Å². The second-order valence-corrected chi connectivity index (χ2v) is 5.78. The third-order valence-corrected chi connectivity index (χ3v) is 3.96. The predicted molar refractivity (Wildman–Crippen MR) is 76.9 cm³/mol.